The fourth-order valence-corrected chi connectivity index (χ4v) is 2.17. The molecule has 1 aromatic carbocycles. The normalized spacial score (nSPS) is 14.2. The zero-order valence-corrected chi connectivity index (χ0v) is 13.0. The summed E-state index contributed by atoms with van der Waals surface area (Å²) in [5.74, 6) is 0.627. The number of aliphatic imine (C=N–C) groups is 1. The van der Waals surface area contributed by atoms with Gasteiger partial charge in [0.2, 0.25) is 5.96 Å². The second-order valence-corrected chi connectivity index (χ2v) is 5.42. The molecule has 1 N–H and O–H groups in total. The van der Waals surface area contributed by atoms with Crippen LogP contribution in [0.4, 0.5) is 5.69 Å². The second kappa shape index (κ2) is 6.97. The van der Waals surface area contributed by atoms with Crippen LogP contribution in [0.3, 0.4) is 0 Å². The van der Waals surface area contributed by atoms with Gasteiger partial charge >= 0.3 is 0 Å². The van der Waals surface area contributed by atoms with E-state index in [-0.39, 0.29) is 0 Å². The van der Waals surface area contributed by atoms with Gasteiger partial charge in [0.1, 0.15) is 0 Å². The average Bonchev–Trinajstić information content (AvgIpc) is 2.81. The van der Waals surface area contributed by atoms with Crippen molar-refractivity contribution in [3.8, 4) is 0 Å². The minimum absolute atomic E-state index is 0.513. The molecule has 0 atom stereocenters. The van der Waals surface area contributed by atoms with Gasteiger partial charge in [-0.3, -0.25) is 4.84 Å². The van der Waals surface area contributed by atoms with E-state index in [1.807, 2.05) is 19.9 Å². The number of anilines is 1. The Hall–Kier alpha value is -1.23. The van der Waals surface area contributed by atoms with Crippen LogP contribution in [0, 0.1) is 0 Å². The van der Waals surface area contributed by atoms with Crippen molar-refractivity contribution in [3.05, 3.63) is 39.9 Å². The Morgan fingerprint density at radius 3 is 2.75 bits per heavy atom. The molecule has 1 heterocycles. The number of rotatable bonds is 4. The van der Waals surface area contributed by atoms with E-state index >= 15 is 0 Å². The van der Waals surface area contributed by atoms with Crippen molar-refractivity contribution in [2.24, 2.45) is 4.99 Å². The Balaban J connectivity index is 2.03. The summed E-state index contributed by atoms with van der Waals surface area (Å²) in [5.41, 5.74) is 1.86. The minimum Gasteiger partial charge on any atom is -0.322 e. The molecule has 1 aliphatic heterocycles. The van der Waals surface area contributed by atoms with Crippen molar-refractivity contribution >= 4 is 34.8 Å². The number of hydrogen-bond donors (Lipinski definition) is 1. The number of guanidine groups is 1. The van der Waals surface area contributed by atoms with Gasteiger partial charge in [-0.1, -0.05) is 40.9 Å². The Kier molecular flexibility index (Phi) is 5.29. The average molecular weight is 314 g/mol. The van der Waals surface area contributed by atoms with E-state index in [0.29, 0.717) is 41.4 Å². The lowest BCUT2D eigenvalue weighted by molar-refractivity contribution is -0.0768. The highest BCUT2D eigenvalue weighted by molar-refractivity contribution is 6.39. The van der Waals surface area contributed by atoms with E-state index in [9.17, 15) is 0 Å². The minimum atomic E-state index is 0.513. The molecule has 6 heteroatoms. The van der Waals surface area contributed by atoms with Crippen LogP contribution in [0.15, 0.2) is 34.8 Å². The molecule has 0 spiro atoms. The van der Waals surface area contributed by atoms with Gasteiger partial charge < -0.3 is 5.32 Å². The first-order valence-corrected chi connectivity index (χ1v) is 7.13. The maximum atomic E-state index is 6.13. The predicted octanol–water partition coefficient (Wildman–Crippen LogP) is 3.97. The van der Waals surface area contributed by atoms with E-state index in [1.165, 1.54) is 5.57 Å². The highest BCUT2D eigenvalue weighted by Crippen LogP contribution is 2.30. The summed E-state index contributed by atoms with van der Waals surface area (Å²) in [7, 11) is 0. The van der Waals surface area contributed by atoms with Crippen LogP contribution in [0.1, 0.15) is 13.8 Å². The molecule has 108 valence electrons. The molecular weight excluding hydrogens is 297 g/mol. The Morgan fingerprint density at radius 1 is 1.40 bits per heavy atom. The van der Waals surface area contributed by atoms with E-state index in [1.54, 1.807) is 23.3 Å². The second-order valence-electron chi connectivity index (χ2n) is 4.61. The molecule has 0 saturated heterocycles. The number of hydrogen-bond acceptors (Lipinski definition) is 4. The number of nitrogens with one attached hydrogen (secondary N) is 1. The van der Waals surface area contributed by atoms with Gasteiger partial charge in [-0.05, 0) is 26.0 Å². The molecule has 1 aliphatic rings. The zero-order chi connectivity index (χ0) is 14.5. The van der Waals surface area contributed by atoms with Crippen LogP contribution in [0.2, 0.25) is 10.0 Å². The first-order valence-electron chi connectivity index (χ1n) is 6.37. The standard InChI is InChI=1S/C14H17Cl2N3O/c1-10(2)6-9-20-19-8-7-17-14(19)18-13-11(15)4-3-5-12(13)16/h3-6H,7-9H2,1-2H3,(H,17,18). The third-order valence-corrected chi connectivity index (χ3v) is 3.35. The monoisotopic (exact) mass is 313 g/mol. The van der Waals surface area contributed by atoms with Crippen molar-refractivity contribution in [1.82, 2.24) is 5.06 Å². The summed E-state index contributed by atoms with van der Waals surface area (Å²) in [6.45, 7) is 5.97. The lowest BCUT2D eigenvalue weighted by Gasteiger charge is -2.20. The topological polar surface area (TPSA) is 36.9 Å². The highest BCUT2D eigenvalue weighted by Gasteiger charge is 2.19. The summed E-state index contributed by atoms with van der Waals surface area (Å²) in [6, 6.07) is 5.36. The third kappa shape index (κ3) is 3.88. The van der Waals surface area contributed by atoms with Gasteiger partial charge in [0.25, 0.3) is 0 Å². The molecule has 1 aromatic rings. The van der Waals surface area contributed by atoms with Crippen LogP contribution >= 0.6 is 23.2 Å². The summed E-state index contributed by atoms with van der Waals surface area (Å²) in [6.07, 6.45) is 2.01. The predicted molar refractivity (Wildman–Crippen MR) is 84.5 cm³/mol. The molecule has 0 unspecified atom stereocenters. The lowest BCUT2D eigenvalue weighted by atomic mass is 10.3. The molecular formula is C14H17Cl2N3O. The highest BCUT2D eigenvalue weighted by atomic mass is 35.5. The van der Waals surface area contributed by atoms with E-state index in [4.69, 9.17) is 28.0 Å². The fourth-order valence-electron chi connectivity index (χ4n) is 1.68. The smallest absolute Gasteiger partial charge is 0.223 e. The molecule has 4 nitrogen and oxygen atoms in total. The molecule has 0 saturated carbocycles. The number of para-hydroxylation sites is 1. The number of allylic oxidation sites excluding steroid dienone is 1. The van der Waals surface area contributed by atoms with Gasteiger partial charge in [-0.2, -0.15) is 0 Å². The first-order chi connectivity index (χ1) is 9.58. The van der Waals surface area contributed by atoms with Crippen molar-refractivity contribution in [2.45, 2.75) is 13.8 Å². The largest absolute Gasteiger partial charge is 0.322 e. The van der Waals surface area contributed by atoms with Gasteiger partial charge in [-0.15, -0.1) is 0 Å². The zero-order valence-electron chi connectivity index (χ0n) is 11.5. The van der Waals surface area contributed by atoms with Crippen molar-refractivity contribution in [3.63, 3.8) is 0 Å². The van der Waals surface area contributed by atoms with Gasteiger partial charge in [0.15, 0.2) is 0 Å². The third-order valence-electron chi connectivity index (χ3n) is 2.72. The summed E-state index contributed by atoms with van der Waals surface area (Å²) >= 11 is 12.3. The summed E-state index contributed by atoms with van der Waals surface area (Å²) < 4.78 is 0. The molecule has 2 rings (SSSR count). The number of hydroxylamine groups is 2. The molecule has 20 heavy (non-hydrogen) atoms. The van der Waals surface area contributed by atoms with Crippen molar-refractivity contribution in [1.29, 1.82) is 0 Å². The SMILES string of the molecule is CC(C)=CCON1CCN=C1Nc1c(Cl)cccc1Cl. The first kappa shape index (κ1) is 15.2. The number of nitrogens with zero attached hydrogens (tertiary/aromatic N) is 2. The molecule has 0 fully saturated rings. The van der Waals surface area contributed by atoms with E-state index in [0.717, 1.165) is 0 Å². The van der Waals surface area contributed by atoms with Crippen LogP contribution in [-0.4, -0.2) is 30.7 Å². The van der Waals surface area contributed by atoms with E-state index in [2.05, 4.69) is 10.3 Å². The lowest BCUT2D eigenvalue weighted by Crippen LogP contribution is -2.33. The fraction of sp³-hybridized carbons (Fsp3) is 0.357. The Labute approximate surface area is 129 Å². The Morgan fingerprint density at radius 2 is 2.10 bits per heavy atom. The summed E-state index contributed by atoms with van der Waals surface area (Å²) in [5, 5.41) is 5.96. The van der Waals surface area contributed by atoms with Crippen molar-refractivity contribution in [2.75, 3.05) is 25.0 Å². The van der Waals surface area contributed by atoms with Crippen LogP contribution in [0.25, 0.3) is 0 Å². The molecule has 0 aromatic heterocycles. The molecule has 0 amide bonds. The number of benzene rings is 1. The van der Waals surface area contributed by atoms with Crippen LogP contribution in [0.5, 0.6) is 0 Å². The number of halogens is 2. The Bertz CT molecular complexity index is 519. The van der Waals surface area contributed by atoms with Gasteiger partial charge in [0.05, 0.1) is 35.4 Å². The van der Waals surface area contributed by atoms with E-state index < -0.39 is 0 Å². The molecule has 0 radical (unpaired) electrons. The van der Waals surface area contributed by atoms with Gasteiger partial charge in [-0.25, -0.2) is 10.1 Å². The summed E-state index contributed by atoms with van der Waals surface area (Å²) in [4.78, 5) is 10.0. The molecule has 0 bridgehead atoms. The maximum Gasteiger partial charge on any atom is 0.223 e. The maximum absolute atomic E-state index is 6.13. The molecule has 0 aliphatic carbocycles. The van der Waals surface area contributed by atoms with Crippen LogP contribution < -0.4 is 5.32 Å². The van der Waals surface area contributed by atoms with Crippen molar-refractivity contribution < 1.29 is 4.84 Å². The van der Waals surface area contributed by atoms with Crippen LogP contribution in [-0.2, 0) is 4.84 Å². The quantitative estimate of drug-likeness (QED) is 0.854. The van der Waals surface area contributed by atoms with Gasteiger partial charge in [0, 0.05) is 0 Å².